The van der Waals surface area contributed by atoms with Gasteiger partial charge in [-0.3, -0.25) is 19.1 Å². The molecule has 10 nitrogen and oxygen atoms in total. The summed E-state index contributed by atoms with van der Waals surface area (Å²) in [4.78, 5) is 45.7. The third-order valence-corrected chi connectivity index (χ3v) is 7.58. The van der Waals surface area contributed by atoms with Crippen molar-refractivity contribution in [2.45, 2.75) is 44.9 Å². The molecule has 2 aromatic heterocycles. The highest BCUT2D eigenvalue weighted by atomic mass is 16.4. The van der Waals surface area contributed by atoms with Crippen molar-refractivity contribution in [1.29, 1.82) is 0 Å². The second-order valence-electron chi connectivity index (χ2n) is 9.41. The smallest absolute Gasteiger partial charge is 0.309 e. The maximum Gasteiger partial charge on any atom is 0.309 e. The molecule has 4 aliphatic rings. The number of anilines is 1. The van der Waals surface area contributed by atoms with Crippen LogP contribution in [0.3, 0.4) is 0 Å². The number of allylic oxidation sites excluding steroid dienone is 2. The van der Waals surface area contributed by atoms with Gasteiger partial charge in [0.2, 0.25) is 0 Å². The summed E-state index contributed by atoms with van der Waals surface area (Å²) in [5.74, 6) is -1.03. The molecule has 0 saturated heterocycles. The highest BCUT2D eigenvalue weighted by molar-refractivity contribution is 6.11. The molecule has 3 fully saturated rings. The van der Waals surface area contributed by atoms with Crippen molar-refractivity contribution in [2.75, 3.05) is 11.9 Å². The predicted octanol–water partition coefficient (Wildman–Crippen LogP) is 2.34. The van der Waals surface area contributed by atoms with Crippen molar-refractivity contribution in [3.05, 3.63) is 35.8 Å². The zero-order chi connectivity index (χ0) is 23.2. The van der Waals surface area contributed by atoms with E-state index in [0.29, 0.717) is 42.4 Å². The molecule has 10 heteroatoms. The number of aryl methyl sites for hydroxylation is 1. The molecule has 0 aliphatic heterocycles. The molecule has 33 heavy (non-hydrogen) atoms. The number of carboxylic acids is 1. The van der Waals surface area contributed by atoms with Gasteiger partial charge in [0, 0.05) is 19.2 Å². The van der Waals surface area contributed by atoms with E-state index in [0.717, 1.165) is 25.7 Å². The number of fused-ring (bicyclic) bond motifs is 4. The Balaban J connectivity index is 1.32. The Hall–Kier alpha value is -3.56. The van der Waals surface area contributed by atoms with Crippen molar-refractivity contribution in [2.24, 2.45) is 17.9 Å². The van der Waals surface area contributed by atoms with Crippen LogP contribution in [-0.2, 0) is 16.6 Å². The van der Waals surface area contributed by atoms with Gasteiger partial charge in [-0.25, -0.2) is 9.97 Å². The lowest BCUT2D eigenvalue weighted by atomic mass is 9.53. The normalized spacial score (nSPS) is 25.8. The van der Waals surface area contributed by atoms with Gasteiger partial charge in [0.25, 0.3) is 11.8 Å². The van der Waals surface area contributed by atoms with Gasteiger partial charge in [0.15, 0.2) is 11.5 Å². The van der Waals surface area contributed by atoms with E-state index in [1.165, 1.54) is 11.0 Å². The van der Waals surface area contributed by atoms with E-state index in [4.69, 9.17) is 0 Å². The molecule has 3 saturated carbocycles. The van der Waals surface area contributed by atoms with Crippen LogP contribution in [0.15, 0.2) is 30.1 Å². The second kappa shape index (κ2) is 7.79. The van der Waals surface area contributed by atoms with Gasteiger partial charge in [-0.2, -0.15) is 5.10 Å². The van der Waals surface area contributed by atoms with Crippen LogP contribution in [0.1, 0.15) is 55.4 Å². The molecule has 3 N–H and O–H groups in total. The van der Waals surface area contributed by atoms with E-state index < -0.39 is 11.4 Å². The molecule has 2 heterocycles. The van der Waals surface area contributed by atoms with Crippen molar-refractivity contribution < 1.29 is 19.5 Å². The largest absolute Gasteiger partial charge is 0.481 e. The number of carboxylic acid groups (broad SMARTS) is 1. The van der Waals surface area contributed by atoms with E-state index in [9.17, 15) is 19.5 Å². The van der Waals surface area contributed by atoms with Crippen LogP contribution in [0.4, 0.5) is 5.82 Å². The summed E-state index contributed by atoms with van der Waals surface area (Å²) in [7, 11) is 1.68. The van der Waals surface area contributed by atoms with Crippen LogP contribution in [-0.4, -0.2) is 49.2 Å². The minimum atomic E-state index is -0.692. The maximum atomic E-state index is 13.1. The molecule has 4 aliphatic carbocycles. The number of carbonyl (C=O) groups is 3. The van der Waals surface area contributed by atoms with E-state index in [1.807, 2.05) is 12.2 Å². The average molecular weight is 450 g/mol. The topological polar surface area (TPSA) is 139 Å². The third kappa shape index (κ3) is 3.59. The zero-order valence-corrected chi connectivity index (χ0v) is 18.4. The van der Waals surface area contributed by atoms with Crippen molar-refractivity contribution in [1.82, 2.24) is 25.1 Å². The first kappa shape index (κ1) is 21.3. The van der Waals surface area contributed by atoms with E-state index in [-0.39, 0.29) is 28.7 Å². The van der Waals surface area contributed by atoms with Gasteiger partial charge < -0.3 is 15.7 Å². The Labute approximate surface area is 190 Å². The Bertz CT molecular complexity index is 1200. The Kier molecular flexibility index (Phi) is 5.02. The molecule has 0 atom stereocenters. The van der Waals surface area contributed by atoms with Crippen LogP contribution in [0.5, 0.6) is 0 Å². The molecular formula is C23H26N6O4. The summed E-state index contributed by atoms with van der Waals surface area (Å²) in [6, 6.07) is 0. The van der Waals surface area contributed by atoms with E-state index >= 15 is 0 Å². The lowest BCUT2D eigenvalue weighted by Gasteiger charge is -2.51. The number of nitrogens with one attached hydrogen (secondary N) is 2. The first-order valence-electron chi connectivity index (χ1n) is 11.2. The molecular weight excluding hydrogens is 424 g/mol. The molecule has 2 amide bonds. The van der Waals surface area contributed by atoms with Gasteiger partial charge in [-0.15, -0.1) is 0 Å². The number of aliphatic carboxylic acids is 1. The standard InChI is InChI=1S/C23H26N6O4/c1-29-17-15(18(28-29)27-19(30)14-4-2-3-5-14)25-13-26-16(17)20(31)24-12-22-6-9-23(10-7-22,11-8-22)21(32)33/h2,4-5,13H,3,6-12H2,1H3,(H,24,31)(H,32,33)(H,27,28,30). The SMILES string of the molecule is Cn1nc(NC(=O)C2=CCC=C2)c2ncnc(C(=O)NCC34CCC(C(=O)O)(CC3)CC4)c21. The van der Waals surface area contributed by atoms with Crippen LogP contribution in [0.2, 0.25) is 0 Å². The Morgan fingerprint density at radius 2 is 1.82 bits per heavy atom. The summed E-state index contributed by atoms with van der Waals surface area (Å²) in [6.45, 7) is 0.481. The van der Waals surface area contributed by atoms with Gasteiger partial charge in [-0.1, -0.05) is 18.2 Å². The highest BCUT2D eigenvalue weighted by Gasteiger charge is 2.52. The van der Waals surface area contributed by atoms with E-state index in [2.05, 4.69) is 25.7 Å². The summed E-state index contributed by atoms with van der Waals surface area (Å²) in [5.41, 5.74) is 0.951. The molecule has 2 bridgehead atoms. The number of hydrogen-bond acceptors (Lipinski definition) is 6. The maximum absolute atomic E-state index is 13.1. The van der Waals surface area contributed by atoms with Crippen molar-refractivity contribution in [3.63, 3.8) is 0 Å². The second-order valence-corrected chi connectivity index (χ2v) is 9.41. The van der Waals surface area contributed by atoms with Gasteiger partial charge in [0.05, 0.1) is 5.41 Å². The first-order valence-corrected chi connectivity index (χ1v) is 11.2. The molecule has 2 aromatic rings. The minimum Gasteiger partial charge on any atom is -0.481 e. The molecule has 0 spiro atoms. The third-order valence-electron chi connectivity index (χ3n) is 7.58. The molecule has 172 valence electrons. The number of rotatable bonds is 6. The fraction of sp³-hybridized carbons (Fsp3) is 0.478. The summed E-state index contributed by atoms with van der Waals surface area (Å²) < 4.78 is 1.50. The van der Waals surface area contributed by atoms with E-state index in [1.54, 1.807) is 13.1 Å². The number of aromatic nitrogens is 4. The van der Waals surface area contributed by atoms with Crippen molar-refractivity contribution >= 4 is 34.6 Å². The van der Waals surface area contributed by atoms with Gasteiger partial charge >= 0.3 is 5.97 Å². The lowest BCUT2D eigenvalue weighted by molar-refractivity contribution is -0.158. The summed E-state index contributed by atoms with van der Waals surface area (Å²) in [5, 5.41) is 19.7. The van der Waals surface area contributed by atoms with Crippen LogP contribution >= 0.6 is 0 Å². The number of amides is 2. The number of nitrogens with zero attached hydrogens (tertiary/aromatic N) is 4. The fourth-order valence-corrected chi connectivity index (χ4v) is 5.36. The summed E-state index contributed by atoms with van der Waals surface area (Å²) >= 11 is 0. The van der Waals surface area contributed by atoms with Crippen molar-refractivity contribution in [3.8, 4) is 0 Å². The monoisotopic (exact) mass is 450 g/mol. The van der Waals surface area contributed by atoms with Crippen LogP contribution < -0.4 is 10.6 Å². The molecule has 0 aromatic carbocycles. The van der Waals surface area contributed by atoms with Crippen LogP contribution in [0, 0.1) is 10.8 Å². The zero-order valence-electron chi connectivity index (χ0n) is 18.4. The average Bonchev–Trinajstić information content (AvgIpc) is 3.48. The quantitative estimate of drug-likeness (QED) is 0.614. The number of carbonyl (C=O) groups excluding carboxylic acids is 2. The fourth-order valence-electron chi connectivity index (χ4n) is 5.36. The lowest BCUT2D eigenvalue weighted by Crippen LogP contribution is -2.50. The minimum absolute atomic E-state index is 0.0624. The van der Waals surface area contributed by atoms with Gasteiger partial charge in [-0.05, 0) is 50.4 Å². The van der Waals surface area contributed by atoms with Gasteiger partial charge in [0.1, 0.15) is 17.4 Å². The summed E-state index contributed by atoms with van der Waals surface area (Å²) in [6.07, 6.45) is 11.9. The predicted molar refractivity (Wildman–Crippen MR) is 119 cm³/mol. The molecule has 0 radical (unpaired) electrons. The molecule has 0 unspecified atom stereocenters. The van der Waals surface area contributed by atoms with Crippen LogP contribution in [0.25, 0.3) is 11.0 Å². The molecule has 6 rings (SSSR count). The highest BCUT2D eigenvalue weighted by Crippen LogP contribution is 2.56. The Morgan fingerprint density at radius 3 is 2.45 bits per heavy atom. The Morgan fingerprint density at radius 1 is 1.09 bits per heavy atom. The number of hydrogen-bond donors (Lipinski definition) is 3. The first-order chi connectivity index (χ1) is 15.8.